The second-order valence-corrected chi connectivity index (χ2v) is 15.6. The van der Waals surface area contributed by atoms with Crippen molar-refractivity contribution in [2.75, 3.05) is 35.5 Å². The van der Waals surface area contributed by atoms with Crippen LogP contribution in [-0.2, 0) is 71.5 Å². The Labute approximate surface area is 237 Å². The van der Waals surface area contributed by atoms with E-state index in [0.29, 0.717) is 35.5 Å². The van der Waals surface area contributed by atoms with Gasteiger partial charge in [0.1, 0.15) is 24.5 Å². The van der Waals surface area contributed by atoms with E-state index in [9.17, 15) is 42.1 Å². The standard InChI is InChI=1S/C11H16O15S6.C6H6S/c1-22-28(12,13)7-6(27)8(29(14,15)23-2)10(31(18,19)25-4)11(32(20,21)26-5)9(7)30(16,17)24-3;7-6-4-2-1-3-5-6/h27H,1-5H3;1-5,7H. The minimum absolute atomic E-state index is 0.450. The molecule has 2 aromatic carbocycles. The first-order valence-electron chi connectivity index (χ1n) is 9.42. The van der Waals surface area contributed by atoms with Crippen molar-refractivity contribution in [2.45, 2.75) is 34.3 Å². The van der Waals surface area contributed by atoms with Gasteiger partial charge >= 0.3 is 0 Å². The van der Waals surface area contributed by atoms with Crippen molar-refractivity contribution in [3.05, 3.63) is 30.3 Å². The molecule has 15 nitrogen and oxygen atoms in total. The van der Waals surface area contributed by atoms with E-state index in [0.717, 1.165) is 4.90 Å². The quantitative estimate of drug-likeness (QED) is 0.258. The highest BCUT2D eigenvalue weighted by Crippen LogP contribution is 2.45. The van der Waals surface area contributed by atoms with Crippen LogP contribution < -0.4 is 0 Å². The fourth-order valence-electron chi connectivity index (χ4n) is 2.62. The molecule has 222 valence electrons. The molecular weight excluding hydrogens is 669 g/mol. The third-order valence-electron chi connectivity index (χ3n) is 4.36. The van der Waals surface area contributed by atoms with E-state index in [1.54, 1.807) is 0 Å². The summed E-state index contributed by atoms with van der Waals surface area (Å²) in [6, 6.07) is 9.79. The summed E-state index contributed by atoms with van der Waals surface area (Å²) >= 11 is 7.75. The lowest BCUT2D eigenvalue weighted by molar-refractivity contribution is 0.362. The van der Waals surface area contributed by atoms with Crippen LogP contribution in [0.5, 0.6) is 0 Å². The van der Waals surface area contributed by atoms with Crippen molar-refractivity contribution < 1.29 is 63.0 Å². The first-order valence-corrected chi connectivity index (χ1v) is 17.4. The maximum atomic E-state index is 12.7. The van der Waals surface area contributed by atoms with Gasteiger partial charge in [0.2, 0.25) is 0 Å². The van der Waals surface area contributed by atoms with Gasteiger partial charge < -0.3 is 0 Å². The summed E-state index contributed by atoms with van der Waals surface area (Å²) in [6.45, 7) is 0. The molecule has 0 radical (unpaired) electrons. The second-order valence-electron chi connectivity index (χ2n) is 6.43. The van der Waals surface area contributed by atoms with Gasteiger partial charge in [-0.25, -0.2) is 0 Å². The molecule has 0 aliphatic carbocycles. The van der Waals surface area contributed by atoms with E-state index < -0.39 is 80.0 Å². The van der Waals surface area contributed by atoms with Gasteiger partial charge in [0, 0.05) is 9.79 Å². The fraction of sp³-hybridized carbons (Fsp3) is 0.294. The van der Waals surface area contributed by atoms with Crippen molar-refractivity contribution >= 4 is 75.8 Å². The average Bonchev–Trinajstić information content (AvgIpc) is 2.88. The smallest absolute Gasteiger partial charge is 0.270 e. The topological polar surface area (TPSA) is 217 Å². The SMILES string of the molecule is COS(=O)(=O)c1c(S)c(S(=O)(=O)OC)c(S(=O)(=O)OC)c(S(=O)(=O)OC)c1S(=O)(=O)OC.Sc1ccccc1. The van der Waals surface area contributed by atoms with E-state index >= 15 is 0 Å². The zero-order chi connectivity index (χ0) is 30.6. The molecule has 0 unspecified atom stereocenters. The van der Waals surface area contributed by atoms with E-state index in [-0.39, 0.29) is 0 Å². The van der Waals surface area contributed by atoms with E-state index in [2.05, 4.69) is 46.2 Å². The molecule has 2 aromatic rings. The molecule has 0 bridgehead atoms. The van der Waals surface area contributed by atoms with Gasteiger partial charge in [-0.2, -0.15) is 42.1 Å². The third kappa shape index (κ3) is 7.71. The predicted octanol–water partition coefficient (Wildman–Crippen LogP) is 0.626. The number of rotatable bonds is 10. The molecule has 2 rings (SSSR count). The molecule has 22 heteroatoms. The highest BCUT2D eigenvalue weighted by molar-refractivity contribution is 7.94. The normalized spacial score (nSPS) is 13.0. The van der Waals surface area contributed by atoms with Crippen LogP contribution in [0.3, 0.4) is 0 Å². The van der Waals surface area contributed by atoms with E-state index in [4.69, 9.17) is 0 Å². The second kappa shape index (κ2) is 13.1. The van der Waals surface area contributed by atoms with Crippen molar-refractivity contribution in [3.63, 3.8) is 0 Å². The fourth-order valence-corrected chi connectivity index (χ4v) is 10.7. The third-order valence-corrected chi connectivity index (χ3v) is 12.7. The molecule has 0 saturated carbocycles. The van der Waals surface area contributed by atoms with Crippen LogP contribution in [-0.4, -0.2) is 77.6 Å². The zero-order valence-corrected chi connectivity index (χ0v) is 26.3. The molecule has 0 aliphatic rings. The molecule has 0 atom stereocenters. The summed E-state index contributed by atoms with van der Waals surface area (Å²) in [4.78, 5) is -9.44. The molecule has 0 amide bonds. The molecular formula is C17H22O15S7. The molecule has 0 N–H and O–H groups in total. The molecule has 0 fully saturated rings. The molecule has 0 saturated heterocycles. The lowest BCUT2D eigenvalue weighted by atomic mass is 10.3. The minimum Gasteiger partial charge on any atom is -0.270 e. The Morgan fingerprint density at radius 2 is 0.667 bits per heavy atom. The first-order chi connectivity index (χ1) is 17.7. The maximum absolute atomic E-state index is 12.7. The zero-order valence-electron chi connectivity index (χ0n) is 20.4. The predicted molar refractivity (Wildman–Crippen MR) is 138 cm³/mol. The van der Waals surface area contributed by atoms with E-state index in [1.165, 1.54) is 0 Å². The van der Waals surface area contributed by atoms with Gasteiger partial charge in [0.25, 0.3) is 50.6 Å². The largest absolute Gasteiger partial charge is 0.299 e. The molecule has 0 spiro atoms. The molecule has 0 heterocycles. The average molecular weight is 691 g/mol. The van der Waals surface area contributed by atoms with Crippen molar-refractivity contribution in [1.29, 1.82) is 0 Å². The Hall–Kier alpha value is -1.31. The van der Waals surface area contributed by atoms with Crippen LogP contribution in [0.25, 0.3) is 0 Å². The Kier molecular flexibility index (Phi) is 12.0. The van der Waals surface area contributed by atoms with Gasteiger partial charge in [0.15, 0.2) is 0 Å². The number of hydrogen-bond donors (Lipinski definition) is 2. The highest BCUT2D eigenvalue weighted by atomic mass is 32.2. The van der Waals surface area contributed by atoms with Gasteiger partial charge in [-0.3, -0.25) is 20.9 Å². The number of hydrogen-bond acceptors (Lipinski definition) is 17. The van der Waals surface area contributed by atoms with Crippen LogP contribution >= 0.6 is 25.3 Å². The Balaban J connectivity index is 0.000000934. The summed E-state index contributed by atoms with van der Waals surface area (Å²) in [7, 11) is -24.6. The van der Waals surface area contributed by atoms with Crippen LogP contribution in [0, 0.1) is 0 Å². The van der Waals surface area contributed by atoms with Crippen molar-refractivity contribution in [3.8, 4) is 0 Å². The Bertz CT molecular complexity index is 1650. The van der Waals surface area contributed by atoms with Gasteiger partial charge in [-0.1, -0.05) is 18.2 Å². The Morgan fingerprint density at radius 3 is 0.872 bits per heavy atom. The van der Waals surface area contributed by atoms with E-state index in [1.807, 2.05) is 30.3 Å². The van der Waals surface area contributed by atoms with Crippen LogP contribution in [0.15, 0.2) is 64.6 Å². The summed E-state index contributed by atoms with van der Waals surface area (Å²) in [5.74, 6) is 0. The summed E-state index contributed by atoms with van der Waals surface area (Å²) in [5, 5.41) is 0. The molecule has 39 heavy (non-hydrogen) atoms. The van der Waals surface area contributed by atoms with Gasteiger partial charge in [-0.05, 0) is 12.1 Å². The maximum Gasteiger partial charge on any atom is 0.299 e. The van der Waals surface area contributed by atoms with Crippen LogP contribution in [0.4, 0.5) is 0 Å². The minimum atomic E-state index is -5.54. The first kappa shape index (κ1) is 35.7. The number of thiol groups is 2. The number of benzene rings is 2. The summed E-state index contributed by atoms with van der Waals surface area (Å²) < 4.78 is 147. The van der Waals surface area contributed by atoms with Crippen LogP contribution in [0.1, 0.15) is 0 Å². The van der Waals surface area contributed by atoms with Gasteiger partial charge in [-0.15, -0.1) is 25.3 Å². The van der Waals surface area contributed by atoms with Crippen molar-refractivity contribution in [1.82, 2.24) is 0 Å². The lowest BCUT2D eigenvalue weighted by Gasteiger charge is -2.21. The van der Waals surface area contributed by atoms with Crippen molar-refractivity contribution in [2.24, 2.45) is 0 Å². The highest BCUT2D eigenvalue weighted by Gasteiger charge is 2.47. The summed E-state index contributed by atoms with van der Waals surface area (Å²) in [5.41, 5.74) is 0. The molecule has 0 aliphatic heterocycles. The summed E-state index contributed by atoms with van der Waals surface area (Å²) in [6.07, 6.45) is 0. The Morgan fingerprint density at radius 1 is 0.436 bits per heavy atom. The monoisotopic (exact) mass is 690 g/mol. The lowest BCUT2D eigenvalue weighted by Crippen LogP contribution is -2.25. The van der Waals surface area contributed by atoms with Crippen LogP contribution in [0.2, 0.25) is 0 Å². The van der Waals surface area contributed by atoms with Gasteiger partial charge in [0.05, 0.1) is 35.5 Å². The molecule has 0 aromatic heterocycles.